The molecule has 0 aliphatic heterocycles. The Morgan fingerprint density at radius 1 is 0.392 bits per heavy atom. The van der Waals surface area contributed by atoms with Crippen LogP contribution in [0.15, 0.2) is 211 Å². The smallest absolute Gasteiger partial charge is 0.485 e. The largest absolute Gasteiger partial charge is 0.748 e. The summed E-state index contributed by atoms with van der Waals surface area (Å²) in [5, 5.41) is 0. The number of rotatable bonds is 6. The van der Waals surface area contributed by atoms with Crippen molar-refractivity contribution in [2.75, 3.05) is 6.26 Å². The van der Waals surface area contributed by atoms with Gasteiger partial charge in [-0.1, -0.05) is 109 Å². The molecule has 0 fully saturated rings. The molecule has 0 aromatic heterocycles. The van der Waals surface area contributed by atoms with Crippen LogP contribution < -0.4 is 0 Å². The lowest BCUT2D eigenvalue weighted by Gasteiger charge is -2.08. The first-order valence-electron chi connectivity index (χ1n) is 14.9. The zero-order valence-corrected chi connectivity index (χ0v) is 30.3. The Morgan fingerprint density at radius 3 is 0.608 bits per heavy atom. The number of alkyl halides is 3. The standard InChI is InChI=1S/2C18H15S.CHF3O3S.CH4O3S/c2*1-4-10-16(11-5-1)19(17-12-6-2-7-13-17)18-14-8-3-9-15-18;2-1(3,4)8(5,6)7;1-5(2,3)4/h2*1-15H;(H,5,6,7);1H3,(H,2,3,4)/q2*+1;;/p-2. The fraction of sp³-hybridized carbons (Fsp3) is 0.0526. The van der Waals surface area contributed by atoms with Gasteiger partial charge in [-0.25, -0.2) is 16.8 Å². The van der Waals surface area contributed by atoms with Crippen molar-refractivity contribution >= 4 is 42.0 Å². The molecule has 0 atom stereocenters. The molecule has 0 saturated carbocycles. The van der Waals surface area contributed by atoms with Crippen LogP contribution in [0.1, 0.15) is 0 Å². The molecule has 0 N–H and O–H groups in total. The van der Waals surface area contributed by atoms with Gasteiger partial charge in [-0.3, -0.25) is 0 Å². The molecule has 13 heteroatoms. The van der Waals surface area contributed by atoms with Crippen LogP contribution in [-0.2, 0) is 42.0 Å². The van der Waals surface area contributed by atoms with E-state index in [0.717, 1.165) is 0 Å². The molecule has 0 aliphatic rings. The van der Waals surface area contributed by atoms with Crippen LogP contribution in [0, 0.1) is 0 Å². The van der Waals surface area contributed by atoms with E-state index < -0.39 is 25.7 Å². The molecule has 0 radical (unpaired) electrons. The van der Waals surface area contributed by atoms with E-state index in [9.17, 15) is 13.2 Å². The Labute approximate surface area is 302 Å². The molecule has 0 aliphatic carbocycles. The van der Waals surface area contributed by atoms with Crippen LogP contribution in [0.4, 0.5) is 13.2 Å². The SMILES string of the molecule is CS(=O)(=O)[O-].O=S(=O)([O-])C(F)(F)F.c1ccc([S+](c2ccccc2)c2ccccc2)cc1.c1ccc([S+](c2ccccc2)c2ccccc2)cc1. The molecular weight excluding hydrogens is 738 g/mol. The Morgan fingerprint density at radius 2 is 0.510 bits per heavy atom. The Kier molecular flexibility index (Phi) is 16.0. The molecule has 6 aromatic rings. The van der Waals surface area contributed by atoms with E-state index in [1.54, 1.807) is 0 Å². The van der Waals surface area contributed by atoms with Gasteiger partial charge in [0.25, 0.3) is 0 Å². The summed E-state index contributed by atoms with van der Waals surface area (Å²) in [5.74, 6) is 0. The van der Waals surface area contributed by atoms with Gasteiger partial charge in [0.1, 0.15) is 0 Å². The number of hydrogen-bond donors (Lipinski definition) is 0. The predicted octanol–water partition coefficient (Wildman–Crippen LogP) is 8.78. The Hall–Kier alpha value is -4.37. The summed E-state index contributed by atoms with van der Waals surface area (Å²) in [6.07, 6.45) is 0.604. The van der Waals surface area contributed by atoms with Gasteiger partial charge in [-0.2, -0.15) is 13.2 Å². The fourth-order valence-corrected chi connectivity index (χ4v) is 8.36. The van der Waals surface area contributed by atoms with E-state index in [1.165, 1.54) is 29.4 Å². The van der Waals surface area contributed by atoms with Crippen molar-refractivity contribution < 1.29 is 39.1 Å². The maximum atomic E-state index is 10.7. The van der Waals surface area contributed by atoms with Crippen LogP contribution >= 0.6 is 0 Å². The molecule has 0 bridgehead atoms. The molecule has 51 heavy (non-hydrogen) atoms. The lowest BCUT2D eigenvalue weighted by Crippen LogP contribution is -2.21. The molecule has 0 saturated heterocycles. The number of halogens is 3. The summed E-state index contributed by atoms with van der Waals surface area (Å²) in [5.41, 5.74) is -5.65. The van der Waals surface area contributed by atoms with Gasteiger partial charge in [0, 0.05) is 6.26 Å². The van der Waals surface area contributed by atoms with E-state index in [1.807, 2.05) is 0 Å². The lowest BCUT2D eigenvalue weighted by molar-refractivity contribution is -0.0517. The van der Waals surface area contributed by atoms with Gasteiger partial charge in [0.05, 0.1) is 31.9 Å². The summed E-state index contributed by atoms with van der Waals surface area (Å²) < 4.78 is 86.1. The highest BCUT2D eigenvalue weighted by molar-refractivity contribution is 7.97. The predicted molar refractivity (Wildman–Crippen MR) is 194 cm³/mol. The van der Waals surface area contributed by atoms with Crippen molar-refractivity contribution in [2.45, 2.75) is 34.9 Å². The summed E-state index contributed by atoms with van der Waals surface area (Å²) in [6, 6.07) is 64.3. The van der Waals surface area contributed by atoms with Crippen molar-refractivity contribution in [3.05, 3.63) is 182 Å². The van der Waals surface area contributed by atoms with Crippen LogP contribution in [0.2, 0.25) is 0 Å². The molecule has 6 nitrogen and oxygen atoms in total. The Balaban J connectivity index is 0.000000207. The van der Waals surface area contributed by atoms with E-state index in [-0.39, 0.29) is 21.8 Å². The molecular formula is C38H33F3O6S4. The average Bonchev–Trinajstić information content (AvgIpc) is 3.10. The third kappa shape index (κ3) is 14.8. The third-order valence-electron chi connectivity index (χ3n) is 6.16. The minimum Gasteiger partial charge on any atom is -0.748 e. The van der Waals surface area contributed by atoms with Gasteiger partial charge in [0.15, 0.2) is 39.5 Å². The van der Waals surface area contributed by atoms with Gasteiger partial charge < -0.3 is 9.11 Å². The van der Waals surface area contributed by atoms with Crippen LogP contribution in [0.25, 0.3) is 0 Å². The normalized spacial score (nSPS) is 11.2. The monoisotopic (exact) mass is 770 g/mol. The summed E-state index contributed by atoms with van der Waals surface area (Å²) in [4.78, 5) is 8.17. The minimum absolute atomic E-state index is 0.0146. The molecule has 0 amide bonds. The highest BCUT2D eigenvalue weighted by Crippen LogP contribution is 2.31. The zero-order valence-electron chi connectivity index (χ0n) is 27.0. The van der Waals surface area contributed by atoms with E-state index in [4.69, 9.17) is 25.9 Å². The second kappa shape index (κ2) is 19.9. The lowest BCUT2D eigenvalue weighted by atomic mass is 10.4. The summed E-state index contributed by atoms with van der Waals surface area (Å²) >= 11 is 0. The second-order valence-corrected chi connectivity index (χ2v) is 16.9. The highest BCUT2D eigenvalue weighted by atomic mass is 32.2. The maximum absolute atomic E-state index is 10.7. The fourth-order valence-electron chi connectivity index (χ4n) is 4.16. The highest BCUT2D eigenvalue weighted by Gasteiger charge is 2.37. The number of hydrogen-bond acceptors (Lipinski definition) is 6. The molecule has 0 heterocycles. The van der Waals surface area contributed by atoms with E-state index in [2.05, 4.69) is 182 Å². The third-order valence-corrected chi connectivity index (χ3v) is 11.2. The summed E-state index contributed by atoms with van der Waals surface area (Å²) in [6.45, 7) is 0. The first-order valence-corrected chi connectivity index (χ1v) is 20.5. The first-order chi connectivity index (χ1) is 24.1. The molecule has 6 aromatic carbocycles. The summed E-state index contributed by atoms with van der Waals surface area (Å²) in [7, 11) is -10.0. The second-order valence-electron chi connectivity index (χ2n) is 10.1. The topological polar surface area (TPSA) is 114 Å². The van der Waals surface area contributed by atoms with Crippen molar-refractivity contribution in [3.8, 4) is 0 Å². The van der Waals surface area contributed by atoms with Crippen LogP contribution in [0.5, 0.6) is 0 Å². The van der Waals surface area contributed by atoms with Gasteiger partial charge in [-0.15, -0.1) is 0 Å². The van der Waals surface area contributed by atoms with Crippen molar-refractivity contribution in [3.63, 3.8) is 0 Å². The van der Waals surface area contributed by atoms with Crippen molar-refractivity contribution in [1.29, 1.82) is 0 Å². The average molecular weight is 771 g/mol. The number of benzene rings is 6. The van der Waals surface area contributed by atoms with Gasteiger partial charge in [-0.05, 0) is 72.8 Å². The zero-order chi connectivity index (χ0) is 37.3. The molecule has 266 valence electrons. The molecule has 6 rings (SSSR count). The quantitative estimate of drug-likeness (QED) is 0.0951. The van der Waals surface area contributed by atoms with Gasteiger partial charge >= 0.3 is 5.51 Å². The minimum atomic E-state index is -6.09. The van der Waals surface area contributed by atoms with Crippen molar-refractivity contribution in [1.82, 2.24) is 0 Å². The van der Waals surface area contributed by atoms with Gasteiger partial charge in [0.2, 0.25) is 0 Å². The van der Waals surface area contributed by atoms with E-state index in [0.29, 0.717) is 6.26 Å². The maximum Gasteiger partial charge on any atom is 0.485 e. The van der Waals surface area contributed by atoms with E-state index >= 15 is 0 Å². The first kappa shape index (κ1) is 41.1. The van der Waals surface area contributed by atoms with Crippen molar-refractivity contribution in [2.24, 2.45) is 0 Å². The van der Waals surface area contributed by atoms with Crippen LogP contribution in [-0.4, -0.2) is 37.7 Å². The molecule has 0 spiro atoms. The molecule has 0 unspecified atom stereocenters. The van der Waals surface area contributed by atoms with Crippen LogP contribution in [0.3, 0.4) is 0 Å². The Bertz CT molecular complexity index is 1760.